The van der Waals surface area contributed by atoms with Gasteiger partial charge in [-0.25, -0.2) is 0 Å². The van der Waals surface area contributed by atoms with E-state index in [1.807, 2.05) is 49.4 Å². The number of benzene rings is 1. The van der Waals surface area contributed by atoms with Crippen molar-refractivity contribution in [2.45, 2.75) is 69.6 Å². The summed E-state index contributed by atoms with van der Waals surface area (Å²) in [5.41, 5.74) is 2.12. The van der Waals surface area contributed by atoms with Crippen LogP contribution in [0.15, 0.2) is 48.6 Å². The van der Waals surface area contributed by atoms with E-state index in [-0.39, 0.29) is 23.6 Å². The van der Waals surface area contributed by atoms with Crippen molar-refractivity contribution in [2.24, 2.45) is 11.8 Å². The summed E-state index contributed by atoms with van der Waals surface area (Å²) >= 11 is 6.47. The Morgan fingerprint density at radius 1 is 1.32 bits per heavy atom. The van der Waals surface area contributed by atoms with Gasteiger partial charge in [-0.05, 0) is 49.7 Å². The quantitative estimate of drug-likeness (QED) is 0.234. The molecule has 1 aliphatic rings. The number of aliphatic carboxylic acids is 1. The summed E-state index contributed by atoms with van der Waals surface area (Å²) in [4.78, 5) is 10.6. The topological polar surface area (TPSA) is 87.0 Å². The van der Waals surface area contributed by atoms with Crippen LogP contribution in [0.1, 0.15) is 50.2 Å². The number of carboxylic acids is 1. The number of unbranched alkanes of at least 4 members (excludes halogenated alkanes) is 1. The molecule has 1 aliphatic carbocycles. The Morgan fingerprint density at radius 3 is 2.84 bits per heavy atom. The van der Waals surface area contributed by atoms with Crippen LogP contribution in [0.2, 0.25) is 0 Å². The SMILES string of the molecule is CCOCc1cccc(C[C@@H](O)C=C[C@@H]2[C@@H](CC=CCCCC(=O)O)[C@H](Cl)C[C@H]2O)c1. The van der Waals surface area contributed by atoms with E-state index in [4.69, 9.17) is 21.4 Å². The van der Waals surface area contributed by atoms with Crippen LogP contribution in [0.25, 0.3) is 0 Å². The highest BCUT2D eigenvalue weighted by molar-refractivity contribution is 6.21. The van der Waals surface area contributed by atoms with Crippen LogP contribution >= 0.6 is 11.6 Å². The van der Waals surface area contributed by atoms with E-state index in [0.29, 0.717) is 32.5 Å². The number of aliphatic hydroxyl groups is 2. The summed E-state index contributed by atoms with van der Waals surface area (Å²) in [6.45, 7) is 3.19. The third-order valence-corrected chi connectivity index (χ3v) is 6.17. The van der Waals surface area contributed by atoms with Gasteiger partial charge in [0.15, 0.2) is 0 Å². The van der Waals surface area contributed by atoms with E-state index in [1.165, 1.54) is 0 Å². The maximum Gasteiger partial charge on any atom is 0.303 e. The van der Waals surface area contributed by atoms with Crippen LogP contribution < -0.4 is 0 Å². The standard InChI is InChI=1S/C25H35ClO5/c1-2-31-17-19-9-7-8-18(14-19)15-20(27)12-13-22-21(23(26)16-24(22)28)10-5-3-4-6-11-25(29)30/h3,5,7-9,12-14,20-24,27-28H,2,4,6,10-11,15-17H2,1H3,(H,29,30)/t20-,21+,22+,23+,24+/m0/s1. The molecule has 0 radical (unpaired) electrons. The first-order valence-electron chi connectivity index (χ1n) is 11.1. The molecule has 0 unspecified atom stereocenters. The third kappa shape index (κ3) is 9.16. The van der Waals surface area contributed by atoms with Gasteiger partial charge >= 0.3 is 5.97 Å². The van der Waals surface area contributed by atoms with Crippen LogP contribution in [-0.4, -0.2) is 45.5 Å². The normalized spacial score (nSPS) is 24.9. The maximum atomic E-state index is 10.6. The highest BCUT2D eigenvalue weighted by Crippen LogP contribution is 2.39. The third-order valence-electron chi connectivity index (χ3n) is 5.67. The van der Waals surface area contributed by atoms with Crippen LogP contribution in [0.3, 0.4) is 0 Å². The van der Waals surface area contributed by atoms with Crippen molar-refractivity contribution in [1.29, 1.82) is 0 Å². The van der Waals surface area contributed by atoms with Crippen molar-refractivity contribution >= 4 is 17.6 Å². The molecule has 0 aliphatic heterocycles. The molecule has 0 spiro atoms. The van der Waals surface area contributed by atoms with Gasteiger partial charge in [0.2, 0.25) is 0 Å². The van der Waals surface area contributed by atoms with Crippen molar-refractivity contribution in [3.8, 4) is 0 Å². The molecule has 0 aromatic heterocycles. The Balaban J connectivity index is 1.89. The van der Waals surface area contributed by atoms with Crippen LogP contribution in [-0.2, 0) is 22.6 Å². The van der Waals surface area contributed by atoms with Crippen LogP contribution in [0, 0.1) is 11.8 Å². The Morgan fingerprint density at radius 2 is 2.10 bits per heavy atom. The highest BCUT2D eigenvalue weighted by atomic mass is 35.5. The molecule has 1 aromatic rings. The lowest BCUT2D eigenvalue weighted by Gasteiger charge is -2.19. The number of rotatable bonds is 13. The second-order valence-corrected chi connectivity index (χ2v) is 8.73. The average Bonchev–Trinajstić information content (AvgIpc) is 2.99. The molecule has 1 fully saturated rings. The fraction of sp³-hybridized carbons (Fsp3) is 0.560. The zero-order chi connectivity index (χ0) is 22.6. The summed E-state index contributed by atoms with van der Waals surface area (Å²) in [6, 6.07) is 8.02. The number of carbonyl (C=O) groups is 1. The minimum absolute atomic E-state index is 0.0883. The largest absolute Gasteiger partial charge is 0.481 e. The zero-order valence-electron chi connectivity index (χ0n) is 18.2. The van der Waals surface area contributed by atoms with Gasteiger partial charge in [-0.3, -0.25) is 4.79 Å². The highest BCUT2D eigenvalue weighted by Gasteiger charge is 2.39. The maximum absolute atomic E-state index is 10.6. The number of hydrogen-bond donors (Lipinski definition) is 3. The number of halogens is 1. The minimum atomic E-state index is -0.780. The number of alkyl halides is 1. The molecule has 6 heteroatoms. The lowest BCUT2D eigenvalue weighted by Crippen LogP contribution is -2.19. The molecular formula is C25H35ClO5. The number of allylic oxidation sites excluding steroid dienone is 2. The molecular weight excluding hydrogens is 416 g/mol. The average molecular weight is 451 g/mol. The van der Waals surface area contributed by atoms with Gasteiger partial charge in [0.25, 0.3) is 0 Å². The van der Waals surface area contributed by atoms with E-state index >= 15 is 0 Å². The predicted molar refractivity (Wildman–Crippen MR) is 123 cm³/mol. The van der Waals surface area contributed by atoms with Crippen molar-refractivity contribution in [3.05, 3.63) is 59.7 Å². The zero-order valence-corrected chi connectivity index (χ0v) is 19.0. The van der Waals surface area contributed by atoms with Gasteiger partial charge in [0.1, 0.15) is 0 Å². The van der Waals surface area contributed by atoms with Crippen LogP contribution in [0.4, 0.5) is 0 Å². The van der Waals surface area contributed by atoms with Gasteiger partial charge < -0.3 is 20.1 Å². The lowest BCUT2D eigenvalue weighted by molar-refractivity contribution is -0.137. The summed E-state index contributed by atoms with van der Waals surface area (Å²) in [5.74, 6) is -0.798. The molecule has 31 heavy (non-hydrogen) atoms. The Bertz CT molecular complexity index is 732. The fourth-order valence-electron chi connectivity index (χ4n) is 4.04. The first-order chi connectivity index (χ1) is 14.9. The molecule has 5 atom stereocenters. The number of aliphatic hydroxyl groups excluding tert-OH is 2. The van der Waals surface area contributed by atoms with Crippen molar-refractivity contribution in [2.75, 3.05) is 6.61 Å². The molecule has 0 heterocycles. The first-order valence-corrected chi connectivity index (χ1v) is 11.5. The lowest BCUT2D eigenvalue weighted by atomic mass is 9.90. The fourth-order valence-corrected chi connectivity index (χ4v) is 4.49. The van der Waals surface area contributed by atoms with Crippen molar-refractivity contribution < 1.29 is 24.9 Å². The number of hydrogen-bond acceptors (Lipinski definition) is 4. The minimum Gasteiger partial charge on any atom is -0.481 e. The molecule has 0 saturated heterocycles. The Kier molecular flexibility index (Phi) is 11.3. The molecule has 2 rings (SSSR count). The van der Waals surface area contributed by atoms with E-state index < -0.39 is 18.2 Å². The second kappa shape index (κ2) is 13.7. The van der Waals surface area contributed by atoms with E-state index in [1.54, 1.807) is 6.08 Å². The number of ether oxygens (including phenoxy) is 1. The van der Waals surface area contributed by atoms with Gasteiger partial charge in [-0.2, -0.15) is 0 Å². The first kappa shape index (κ1) is 25.6. The van der Waals surface area contributed by atoms with E-state index in [0.717, 1.165) is 24.0 Å². The molecule has 1 saturated carbocycles. The van der Waals surface area contributed by atoms with E-state index in [9.17, 15) is 15.0 Å². The molecule has 1 aromatic carbocycles. The van der Waals surface area contributed by atoms with Gasteiger partial charge in [-0.15, -0.1) is 11.6 Å². The monoisotopic (exact) mass is 450 g/mol. The summed E-state index contributed by atoms with van der Waals surface area (Å²) in [5, 5.41) is 29.5. The van der Waals surface area contributed by atoms with Crippen LogP contribution in [0.5, 0.6) is 0 Å². The van der Waals surface area contributed by atoms with Crippen molar-refractivity contribution in [1.82, 2.24) is 0 Å². The molecule has 0 bridgehead atoms. The Labute approximate surface area is 190 Å². The van der Waals surface area contributed by atoms with Gasteiger partial charge in [0, 0.05) is 30.7 Å². The molecule has 0 amide bonds. The summed E-state index contributed by atoms with van der Waals surface area (Å²) < 4.78 is 5.44. The summed E-state index contributed by atoms with van der Waals surface area (Å²) in [6.07, 6.45) is 9.78. The van der Waals surface area contributed by atoms with Crippen molar-refractivity contribution in [3.63, 3.8) is 0 Å². The Hall–Kier alpha value is -1.66. The number of carboxylic acid groups (broad SMARTS) is 1. The summed E-state index contributed by atoms with van der Waals surface area (Å²) in [7, 11) is 0. The second-order valence-electron chi connectivity index (χ2n) is 8.17. The predicted octanol–water partition coefficient (Wildman–Crippen LogP) is 4.49. The smallest absolute Gasteiger partial charge is 0.303 e. The van der Waals surface area contributed by atoms with Gasteiger partial charge in [-0.1, -0.05) is 48.6 Å². The molecule has 172 valence electrons. The van der Waals surface area contributed by atoms with E-state index in [2.05, 4.69) is 0 Å². The molecule has 5 nitrogen and oxygen atoms in total. The van der Waals surface area contributed by atoms with Gasteiger partial charge in [0.05, 0.1) is 18.8 Å². The molecule has 3 N–H and O–H groups in total.